The summed E-state index contributed by atoms with van der Waals surface area (Å²) < 4.78 is 17.5. The summed E-state index contributed by atoms with van der Waals surface area (Å²) >= 11 is 0. The van der Waals surface area contributed by atoms with E-state index in [-0.39, 0.29) is 63.8 Å². The second-order valence-electron chi connectivity index (χ2n) is 0.565. The molecule has 0 spiro atoms. The molecule has 10 heteroatoms. The molecule has 4 N–H and O–H groups in total. The van der Waals surface area contributed by atoms with Gasteiger partial charge in [-0.3, -0.25) is 9.13 Å². The predicted molar refractivity (Wildman–Crippen MR) is 35.4 cm³/mol. The van der Waals surface area contributed by atoms with Gasteiger partial charge in [0, 0.05) is 39.9 Å². The zero-order chi connectivity index (χ0) is 7.15. The van der Waals surface area contributed by atoms with Crippen LogP contribution in [0.1, 0.15) is 0 Å². The predicted octanol–water partition coefficient (Wildman–Crippen LogP) is -2.19. The number of hydrogen-bond acceptors (Lipinski definition) is 2. The molecule has 0 saturated heterocycles. The van der Waals surface area contributed by atoms with Crippen molar-refractivity contribution >= 4 is 40.4 Å². The zero-order valence-corrected chi connectivity index (χ0v) is 13.0. The van der Waals surface area contributed by atoms with Gasteiger partial charge in [0.05, 0.1) is 0 Å². The van der Waals surface area contributed by atoms with Gasteiger partial charge in [0.25, 0.3) is 0 Å². The Bertz CT molecular complexity index is 73.7. The molecule has 0 saturated carbocycles. The molecule has 0 aromatic heterocycles. The molecular weight excluding hydrogens is 434 g/mol. The Morgan fingerprint density at radius 1 is 0.800 bits per heavy atom. The third-order valence-electron chi connectivity index (χ3n) is 0. The molecule has 0 atom stereocenters. The molecule has 0 aromatic rings. The third-order valence-corrected chi connectivity index (χ3v) is 0. The number of hydrogen-bond donors (Lipinski definition) is 4. The first-order chi connectivity index (χ1) is 3.46. The summed E-state index contributed by atoms with van der Waals surface area (Å²) in [4.78, 5) is 28.6. The van der Waals surface area contributed by atoms with Gasteiger partial charge in [-0.25, -0.2) is 0 Å². The third kappa shape index (κ3) is 158. The van der Waals surface area contributed by atoms with Gasteiger partial charge in [-0.2, -0.15) is 0 Å². The van der Waals surface area contributed by atoms with E-state index in [1.165, 1.54) is 0 Å². The Balaban J connectivity index is -0.0000000300. The van der Waals surface area contributed by atoms with Gasteiger partial charge >= 0.3 is 40.4 Å². The van der Waals surface area contributed by atoms with Crippen molar-refractivity contribution in [1.82, 2.24) is 0 Å². The summed E-state index contributed by atoms with van der Waals surface area (Å²) in [6, 6.07) is 0. The van der Waals surface area contributed by atoms with E-state index < -0.39 is 16.5 Å². The monoisotopic (exact) mass is 444 g/mol. The summed E-state index contributed by atoms with van der Waals surface area (Å²) in [6.07, 6.45) is 0. The van der Waals surface area contributed by atoms with Crippen LogP contribution in [0.2, 0.25) is 0 Å². The second-order valence-corrected chi connectivity index (χ2v) is 1.70. The van der Waals surface area contributed by atoms with E-state index in [2.05, 4.69) is 0 Å². The standard InChI is InChI=1S/Gd.2H3O3P.Sn.2H/c;2*1-4(2)3;;;/h;2*4H,(H2,1,2,3);;;. The first-order valence-electron chi connectivity index (χ1n) is 1.30. The minimum absolute atomic E-state index is 0. The van der Waals surface area contributed by atoms with Crippen molar-refractivity contribution in [2.75, 3.05) is 0 Å². The van der Waals surface area contributed by atoms with Crippen LogP contribution in [0.3, 0.4) is 0 Å². The molecule has 0 bridgehead atoms. The molecule has 10 heavy (non-hydrogen) atoms. The molecule has 66 valence electrons. The first-order valence-corrected chi connectivity index (χ1v) is 3.91. The fourth-order valence-corrected chi connectivity index (χ4v) is 0. The van der Waals surface area contributed by atoms with Crippen LogP contribution in [-0.4, -0.2) is 43.5 Å². The van der Waals surface area contributed by atoms with E-state index in [1.807, 2.05) is 0 Å². The summed E-state index contributed by atoms with van der Waals surface area (Å²) in [5.74, 6) is 0. The van der Waals surface area contributed by atoms with E-state index in [1.54, 1.807) is 0 Å². The Morgan fingerprint density at radius 2 is 0.800 bits per heavy atom. The van der Waals surface area contributed by atoms with Crippen LogP contribution in [0.5, 0.6) is 0 Å². The second kappa shape index (κ2) is 17.5. The maximum absolute atomic E-state index is 8.74. The zero-order valence-electron chi connectivity index (χ0n) is 4.67. The van der Waals surface area contributed by atoms with Crippen molar-refractivity contribution in [2.24, 2.45) is 0 Å². The molecule has 0 amide bonds. The van der Waals surface area contributed by atoms with Crippen molar-refractivity contribution in [2.45, 2.75) is 0 Å². The molecular formula is H8GdO6P2Sn. The quantitative estimate of drug-likeness (QED) is 0.251. The molecule has 0 aliphatic carbocycles. The Labute approximate surface area is 108 Å². The summed E-state index contributed by atoms with van der Waals surface area (Å²) in [7, 11) is -6.26. The molecule has 0 aliphatic heterocycles. The average Bonchev–Trinajstić information content (AvgIpc) is 1.25. The normalized spacial score (nSPS) is 7.00. The van der Waals surface area contributed by atoms with Crippen LogP contribution in [0.15, 0.2) is 0 Å². The van der Waals surface area contributed by atoms with Gasteiger partial charge in [0.1, 0.15) is 0 Å². The van der Waals surface area contributed by atoms with Crippen molar-refractivity contribution < 1.29 is 68.6 Å². The van der Waals surface area contributed by atoms with E-state index in [4.69, 9.17) is 28.7 Å². The summed E-state index contributed by atoms with van der Waals surface area (Å²) in [5.41, 5.74) is 0. The first kappa shape index (κ1) is 22.8. The molecule has 0 rings (SSSR count). The maximum atomic E-state index is 8.74. The van der Waals surface area contributed by atoms with Crippen LogP contribution in [0.4, 0.5) is 0 Å². The summed E-state index contributed by atoms with van der Waals surface area (Å²) in [6.45, 7) is 0. The topological polar surface area (TPSA) is 115 Å². The van der Waals surface area contributed by atoms with Crippen LogP contribution in [0.25, 0.3) is 0 Å². The summed E-state index contributed by atoms with van der Waals surface area (Å²) in [5, 5.41) is 0. The van der Waals surface area contributed by atoms with Crippen LogP contribution in [-0.2, 0) is 9.13 Å². The molecule has 0 fully saturated rings. The van der Waals surface area contributed by atoms with Gasteiger partial charge < -0.3 is 19.6 Å². The van der Waals surface area contributed by atoms with Crippen LogP contribution >= 0.6 is 16.5 Å². The fourth-order valence-electron chi connectivity index (χ4n) is 0. The van der Waals surface area contributed by atoms with E-state index in [9.17, 15) is 0 Å². The van der Waals surface area contributed by atoms with Gasteiger partial charge in [-0.05, 0) is 0 Å². The molecule has 0 unspecified atom stereocenters. The molecule has 2 radical (unpaired) electrons. The van der Waals surface area contributed by atoms with Gasteiger partial charge in [0.2, 0.25) is 0 Å². The molecule has 6 nitrogen and oxygen atoms in total. The van der Waals surface area contributed by atoms with Crippen LogP contribution in [0, 0.1) is 39.9 Å². The fraction of sp³-hybridized carbons (Fsp3) is 0. The van der Waals surface area contributed by atoms with E-state index in [0.717, 1.165) is 0 Å². The molecule has 0 heterocycles. The number of rotatable bonds is 0. The van der Waals surface area contributed by atoms with E-state index >= 15 is 0 Å². The Kier molecular flexibility index (Phi) is 40.0. The van der Waals surface area contributed by atoms with Crippen molar-refractivity contribution in [3.63, 3.8) is 0 Å². The van der Waals surface area contributed by atoms with Crippen molar-refractivity contribution in [3.8, 4) is 0 Å². The molecule has 0 aliphatic rings. The average molecular weight is 442 g/mol. The molecule has 0 aromatic carbocycles. The Morgan fingerprint density at radius 3 is 0.800 bits per heavy atom. The van der Waals surface area contributed by atoms with Crippen molar-refractivity contribution in [3.05, 3.63) is 0 Å². The van der Waals surface area contributed by atoms with Gasteiger partial charge in [-0.1, -0.05) is 0 Å². The van der Waals surface area contributed by atoms with Crippen molar-refractivity contribution in [1.29, 1.82) is 0 Å². The van der Waals surface area contributed by atoms with Crippen LogP contribution < -0.4 is 0 Å². The minimum atomic E-state index is -3.13. The van der Waals surface area contributed by atoms with Gasteiger partial charge in [-0.15, -0.1) is 0 Å². The van der Waals surface area contributed by atoms with E-state index in [0.29, 0.717) is 0 Å². The SMILES string of the molecule is O=[PH](O)O.O=[PH](O)O.[Gd].[SnH2]. The Hall–Kier alpha value is 2.42. The van der Waals surface area contributed by atoms with Gasteiger partial charge in [0.15, 0.2) is 0 Å².